The Kier molecular flexibility index (Phi) is 6.83. The fraction of sp³-hybridized carbons (Fsp3) is 0.286. The number of amides is 1. The van der Waals surface area contributed by atoms with Gasteiger partial charge in [0.1, 0.15) is 6.10 Å². The zero-order valence-corrected chi connectivity index (χ0v) is 15.4. The largest absolute Gasteiger partial charge is 0.366 e. The van der Waals surface area contributed by atoms with E-state index >= 15 is 0 Å². The maximum absolute atomic E-state index is 12.4. The number of nitrogens with zero attached hydrogens (tertiary/aromatic N) is 1. The van der Waals surface area contributed by atoms with Crippen molar-refractivity contribution in [2.75, 3.05) is 26.2 Å². The van der Waals surface area contributed by atoms with Gasteiger partial charge < -0.3 is 10.1 Å². The third-order valence-corrected chi connectivity index (χ3v) is 4.55. The highest BCUT2D eigenvalue weighted by Crippen LogP contribution is 2.10. The van der Waals surface area contributed by atoms with Crippen molar-refractivity contribution in [2.24, 2.45) is 0 Å². The number of halogens is 1. The van der Waals surface area contributed by atoms with Gasteiger partial charge in [-0.1, -0.05) is 66.2 Å². The van der Waals surface area contributed by atoms with Gasteiger partial charge in [0.15, 0.2) is 0 Å². The van der Waals surface area contributed by atoms with Gasteiger partial charge in [0.05, 0.1) is 6.61 Å². The molecule has 5 heteroatoms. The summed E-state index contributed by atoms with van der Waals surface area (Å²) in [5.41, 5.74) is 2.19. The number of nitrogens with one attached hydrogen (secondary N) is 1. The standard InChI is InChI=1S/C21H23ClN2O2/c22-19-10-8-18(9-11-19)15-23-21(25)20-16-24(13-14-26-20)12-4-7-17-5-2-1-3-6-17/h1-11,20H,12-16H2,(H,23,25)/b7-4+. The predicted molar refractivity (Wildman–Crippen MR) is 105 cm³/mol. The van der Waals surface area contributed by atoms with Gasteiger partial charge in [-0.3, -0.25) is 9.69 Å². The summed E-state index contributed by atoms with van der Waals surface area (Å²) in [4.78, 5) is 14.6. The maximum Gasteiger partial charge on any atom is 0.250 e. The molecule has 1 aliphatic heterocycles. The van der Waals surface area contributed by atoms with E-state index in [0.717, 1.165) is 18.7 Å². The topological polar surface area (TPSA) is 41.6 Å². The summed E-state index contributed by atoms with van der Waals surface area (Å²) in [5, 5.41) is 3.63. The molecule has 0 bridgehead atoms. The lowest BCUT2D eigenvalue weighted by Gasteiger charge is -2.31. The molecular formula is C21H23ClN2O2. The van der Waals surface area contributed by atoms with Gasteiger partial charge in [0, 0.05) is 31.2 Å². The van der Waals surface area contributed by atoms with Gasteiger partial charge in [-0.15, -0.1) is 0 Å². The lowest BCUT2D eigenvalue weighted by Crippen LogP contribution is -2.49. The van der Waals surface area contributed by atoms with Crippen LogP contribution in [-0.4, -0.2) is 43.2 Å². The first-order valence-corrected chi connectivity index (χ1v) is 9.16. The lowest BCUT2D eigenvalue weighted by molar-refractivity contribution is -0.138. The molecule has 3 rings (SSSR count). The van der Waals surface area contributed by atoms with Crippen molar-refractivity contribution in [1.82, 2.24) is 10.2 Å². The Bertz CT molecular complexity index is 731. The van der Waals surface area contributed by atoms with Gasteiger partial charge >= 0.3 is 0 Å². The summed E-state index contributed by atoms with van der Waals surface area (Å²) in [6, 6.07) is 17.7. The monoisotopic (exact) mass is 370 g/mol. The SMILES string of the molecule is O=C(NCc1ccc(Cl)cc1)C1CN(C/C=C/c2ccccc2)CCO1. The van der Waals surface area contributed by atoms with E-state index < -0.39 is 6.10 Å². The molecule has 1 amide bonds. The van der Waals surface area contributed by atoms with Crippen molar-refractivity contribution in [2.45, 2.75) is 12.6 Å². The second-order valence-electron chi connectivity index (χ2n) is 6.28. The Labute approximate surface area is 159 Å². The number of rotatable bonds is 6. The van der Waals surface area contributed by atoms with E-state index in [2.05, 4.69) is 34.5 Å². The molecule has 0 saturated carbocycles. The average Bonchev–Trinajstić information content (AvgIpc) is 2.68. The number of hydrogen-bond donors (Lipinski definition) is 1. The van der Waals surface area contributed by atoms with Gasteiger partial charge in [0.2, 0.25) is 0 Å². The molecule has 1 heterocycles. The summed E-state index contributed by atoms with van der Waals surface area (Å²) < 4.78 is 5.64. The van der Waals surface area contributed by atoms with Crippen LogP contribution in [0.15, 0.2) is 60.7 Å². The summed E-state index contributed by atoms with van der Waals surface area (Å²) >= 11 is 5.87. The Hall–Kier alpha value is -2.14. The van der Waals surface area contributed by atoms with Crippen LogP contribution < -0.4 is 5.32 Å². The molecule has 1 atom stereocenters. The van der Waals surface area contributed by atoms with Crippen LogP contribution in [0.5, 0.6) is 0 Å². The zero-order chi connectivity index (χ0) is 18.2. The summed E-state index contributed by atoms with van der Waals surface area (Å²) in [5.74, 6) is -0.0725. The Morgan fingerprint density at radius 2 is 1.96 bits per heavy atom. The first kappa shape index (κ1) is 18.6. The summed E-state index contributed by atoms with van der Waals surface area (Å²) in [7, 11) is 0. The molecular weight excluding hydrogens is 348 g/mol. The Balaban J connectivity index is 1.45. The molecule has 26 heavy (non-hydrogen) atoms. The highest BCUT2D eigenvalue weighted by Gasteiger charge is 2.25. The number of benzene rings is 2. The highest BCUT2D eigenvalue weighted by molar-refractivity contribution is 6.30. The van der Waals surface area contributed by atoms with Crippen LogP contribution in [0, 0.1) is 0 Å². The Morgan fingerprint density at radius 1 is 1.19 bits per heavy atom. The molecule has 1 saturated heterocycles. The van der Waals surface area contributed by atoms with Crippen molar-refractivity contribution < 1.29 is 9.53 Å². The number of ether oxygens (including phenoxy) is 1. The van der Waals surface area contributed by atoms with E-state index in [9.17, 15) is 4.79 Å². The third-order valence-electron chi connectivity index (χ3n) is 4.30. The van der Waals surface area contributed by atoms with E-state index in [0.29, 0.717) is 24.7 Å². The minimum absolute atomic E-state index is 0.0725. The van der Waals surface area contributed by atoms with E-state index in [-0.39, 0.29) is 5.91 Å². The molecule has 2 aromatic rings. The summed E-state index contributed by atoms with van der Waals surface area (Å²) in [6.07, 6.45) is 3.80. The minimum atomic E-state index is -0.429. The molecule has 4 nitrogen and oxygen atoms in total. The van der Waals surface area contributed by atoms with Gasteiger partial charge in [-0.2, -0.15) is 0 Å². The molecule has 2 aromatic carbocycles. The molecule has 136 valence electrons. The van der Waals surface area contributed by atoms with Crippen molar-refractivity contribution in [3.8, 4) is 0 Å². The number of carbonyl (C=O) groups excluding carboxylic acids is 1. The zero-order valence-electron chi connectivity index (χ0n) is 14.6. The number of morpholine rings is 1. The predicted octanol–water partition coefficient (Wildman–Crippen LogP) is 3.37. The average molecular weight is 371 g/mol. The van der Waals surface area contributed by atoms with Crippen LogP contribution in [0.2, 0.25) is 5.02 Å². The van der Waals surface area contributed by atoms with Crippen molar-refractivity contribution in [1.29, 1.82) is 0 Å². The quantitative estimate of drug-likeness (QED) is 0.847. The fourth-order valence-corrected chi connectivity index (χ4v) is 2.96. The first-order chi connectivity index (χ1) is 12.7. The maximum atomic E-state index is 12.4. The smallest absolute Gasteiger partial charge is 0.250 e. The van der Waals surface area contributed by atoms with Gasteiger partial charge in [-0.25, -0.2) is 0 Å². The van der Waals surface area contributed by atoms with E-state index in [1.807, 2.05) is 42.5 Å². The number of carbonyl (C=O) groups is 1. The third kappa shape index (κ3) is 5.70. The van der Waals surface area contributed by atoms with Crippen LogP contribution in [0.4, 0.5) is 0 Å². The van der Waals surface area contributed by atoms with E-state index in [1.165, 1.54) is 5.56 Å². The van der Waals surface area contributed by atoms with Crippen LogP contribution in [-0.2, 0) is 16.1 Å². The second kappa shape index (κ2) is 9.53. The molecule has 1 N–H and O–H groups in total. The van der Waals surface area contributed by atoms with Gasteiger partial charge in [-0.05, 0) is 23.3 Å². The first-order valence-electron chi connectivity index (χ1n) is 8.78. The summed E-state index contributed by atoms with van der Waals surface area (Å²) in [6.45, 7) is 3.28. The minimum Gasteiger partial charge on any atom is -0.366 e. The highest BCUT2D eigenvalue weighted by atomic mass is 35.5. The van der Waals surface area contributed by atoms with Crippen LogP contribution in [0.3, 0.4) is 0 Å². The van der Waals surface area contributed by atoms with Gasteiger partial charge in [0.25, 0.3) is 5.91 Å². The van der Waals surface area contributed by atoms with E-state index in [4.69, 9.17) is 16.3 Å². The molecule has 1 unspecified atom stereocenters. The molecule has 0 radical (unpaired) electrons. The molecule has 1 aliphatic rings. The van der Waals surface area contributed by atoms with Crippen molar-refractivity contribution >= 4 is 23.6 Å². The molecule has 0 aromatic heterocycles. The van der Waals surface area contributed by atoms with Crippen LogP contribution >= 0.6 is 11.6 Å². The molecule has 0 spiro atoms. The van der Waals surface area contributed by atoms with Crippen LogP contribution in [0.25, 0.3) is 6.08 Å². The Morgan fingerprint density at radius 3 is 2.73 bits per heavy atom. The fourth-order valence-electron chi connectivity index (χ4n) is 2.83. The normalized spacial score (nSPS) is 18.1. The van der Waals surface area contributed by atoms with Crippen LogP contribution in [0.1, 0.15) is 11.1 Å². The van der Waals surface area contributed by atoms with Crippen molar-refractivity contribution in [3.05, 3.63) is 76.8 Å². The lowest BCUT2D eigenvalue weighted by atomic mass is 10.2. The molecule has 1 fully saturated rings. The molecule has 0 aliphatic carbocycles. The van der Waals surface area contributed by atoms with Crippen molar-refractivity contribution in [3.63, 3.8) is 0 Å². The van der Waals surface area contributed by atoms with E-state index in [1.54, 1.807) is 0 Å². The number of hydrogen-bond acceptors (Lipinski definition) is 3. The second-order valence-corrected chi connectivity index (χ2v) is 6.71.